The van der Waals surface area contributed by atoms with Gasteiger partial charge >= 0.3 is 0 Å². The maximum absolute atomic E-state index is 12.0. The van der Waals surface area contributed by atoms with Crippen LogP contribution in [0.25, 0.3) is 0 Å². The molecule has 0 radical (unpaired) electrons. The highest BCUT2D eigenvalue weighted by atomic mass is 127. The molecule has 2 heterocycles. The van der Waals surface area contributed by atoms with Gasteiger partial charge in [-0.25, -0.2) is 17.7 Å². The summed E-state index contributed by atoms with van der Waals surface area (Å²) in [6, 6.07) is 4.03. The summed E-state index contributed by atoms with van der Waals surface area (Å²) in [6.07, 6.45) is 3.98. The minimum absolute atomic E-state index is 0. The molecule has 1 aliphatic heterocycles. The van der Waals surface area contributed by atoms with Gasteiger partial charge in [-0.05, 0) is 38.8 Å². The van der Waals surface area contributed by atoms with Crippen LogP contribution in [-0.2, 0) is 16.4 Å². The van der Waals surface area contributed by atoms with Crippen LogP contribution in [0.15, 0.2) is 40.0 Å². The molecule has 154 valence electrons. The van der Waals surface area contributed by atoms with Gasteiger partial charge in [-0.3, -0.25) is 0 Å². The molecule has 0 aromatic carbocycles. The third kappa shape index (κ3) is 8.22. The van der Waals surface area contributed by atoms with Gasteiger partial charge in [-0.2, -0.15) is 0 Å². The molecular weight excluding hydrogens is 479 g/mol. The van der Waals surface area contributed by atoms with E-state index >= 15 is 0 Å². The minimum Gasteiger partial charge on any atom is -0.469 e. The maximum atomic E-state index is 12.0. The highest BCUT2D eigenvalue weighted by molar-refractivity contribution is 14.0. The number of hydrogen-bond acceptors (Lipinski definition) is 4. The summed E-state index contributed by atoms with van der Waals surface area (Å²) in [6.45, 7) is 9.88. The Bertz CT molecular complexity index is 696. The molecule has 2 N–H and O–H groups in total. The summed E-state index contributed by atoms with van der Waals surface area (Å²) >= 11 is 0. The summed E-state index contributed by atoms with van der Waals surface area (Å²) < 4.78 is 30.9. The Labute approximate surface area is 179 Å². The highest BCUT2D eigenvalue weighted by Gasteiger charge is 2.27. The fraction of sp³-hybridized carbons (Fsp3) is 0.611. The molecule has 27 heavy (non-hydrogen) atoms. The van der Waals surface area contributed by atoms with Crippen molar-refractivity contribution in [3.05, 3.63) is 36.3 Å². The van der Waals surface area contributed by atoms with Crippen molar-refractivity contribution in [3.63, 3.8) is 0 Å². The number of guanidine groups is 1. The molecule has 7 nitrogen and oxygen atoms in total. The van der Waals surface area contributed by atoms with Crippen molar-refractivity contribution in [2.24, 2.45) is 4.99 Å². The molecule has 0 atom stereocenters. The van der Waals surface area contributed by atoms with Gasteiger partial charge in [0.1, 0.15) is 5.76 Å². The van der Waals surface area contributed by atoms with Crippen molar-refractivity contribution >= 4 is 40.0 Å². The maximum Gasteiger partial charge on any atom is 0.213 e. The lowest BCUT2D eigenvalue weighted by Gasteiger charge is -2.32. The molecule has 0 bridgehead atoms. The normalized spacial score (nSPS) is 16.6. The topological polar surface area (TPSA) is 86.9 Å². The highest BCUT2D eigenvalue weighted by Crippen LogP contribution is 2.14. The Morgan fingerprint density at radius 2 is 2.11 bits per heavy atom. The van der Waals surface area contributed by atoms with Crippen LogP contribution in [0.3, 0.4) is 0 Å². The first-order valence-corrected chi connectivity index (χ1v) is 10.7. The second-order valence-electron chi connectivity index (χ2n) is 6.60. The SMILES string of the molecule is C=C(C)CN=C(NCCc1ccco1)NC1CCN(S(=O)(=O)CC)CC1.I. The largest absolute Gasteiger partial charge is 0.469 e. The van der Waals surface area contributed by atoms with Crippen LogP contribution < -0.4 is 10.6 Å². The number of nitrogens with zero attached hydrogens (tertiary/aromatic N) is 2. The zero-order chi connectivity index (χ0) is 19.0. The van der Waals surface area contributed by atoms with Crippen LogP contribution in [0.2, 0.25) is 0 Å². The molecule has 1 aromatic rings. The van der Waals surface area contributed by atoms with Crippen molar-refractivity contribution in [1.29, 1.82) is 0 Å². The van der Waals surface area contributed by atoms with Crippen LogP contribution in [-0.4, -0.2) is 56.7 Å². The predicted octanol–water partition coefficient (Wildman–Crippen LogP) is 2.37. The predicted molar refractivity (Wildman–Crippen MR) is 120 cm³/mol. The Morgan fingerprint density at radius 1 is 1.41 bits per heavy atom. The van der Waals surface area contributed by atoms with Crippen LogP contribution in [0, 0.1) is 0 Å². The quantitative estimate of drug-likeness (QED) is 0.243. The number of rotatable bonds is 8. The summed E-state index contributed by atoms with van der Waals surface area (Å²) in [5, 5.41) is 6.75. The van der Waals surface area contributed by atoms with Crippen LogP contribution in [0.4, 0.5) is 0 Å². The average molecular weight is 510 g/mol. The lowest BCUT2D eigenvalue weighted by molar-refractivity contribution is 0.306. The number of halogens is 1. The van der Waals surface area contributed by atoms with Gasteiger partial charge in [-0.15, -0.1) is 24.0 Å². The van der Waals surface area contributed by atoms with Crippen LogP contribution in [0.1, 0.15) is 32.4 Å². The van der Waals surface area contributed by atoms with Crippen molar-refractivity contribution in [1.82, 2.24) is 14.9 Å². The van der Waals surface area contributed by atoms with E-state index in [1.807, 2.05) is 19.1 Å². The number of sulfonamides is 1. The molecule has 1 aliphatic rings. The van der Waals surface area contributed by atoms with E-state index in [-0.39, 0.29) is 35.8 Å². The molecular formula is C18H31IN4O3S. The zero-order valence-electron chi connectivity index (χ0n) is 16.1. The summed E-state index contributed by atoms with van der Waals surface area (Å²) in [5.74, 6) is 1.82. The second-order valence-corrected chi connectivity index (χ2v) is 8.85. The molecule has 2 rings (SSSR count). The fourth-order valence-corrected chi connectivity index (χ4v) is 3.91. The van der Waals surface area contributed by atoms with Crippen LogP contribution >= 0.6 is 24.0 Å². The van der Waals surface area contributed by atoms with Gasteiger partial charge in [0.2, 0.25) is 10.0 Å². The molecule has 9 heteroatoms. The Morgan fingerprint density at radius 3 is 2.67 bits per heavy atom. The number of nitrogens with one attached hydrogen (secondary N) is 2. The van der Waals surface area contributed by atoms with E-state index in [0.717, 1.165) is 36.6 Å². The van der Waals surface area contributed by atoms with Crippen molar-refractivity contribution in [3.8, 4) is 0 Å². The molecule has 0 spiro atoms. The van der Waals surface area contributed by atoms with Crippen molar-refractivity contribution in [2.75, 3.05) is 31.9 Å². The number of hydrogen-bond donors (Lipinski definition) is 2. The monoisotopic (exact) mass is 510 g/mol. The van der Waals surface area contributed by atoms with E-state index in [0.29, 0.717) is 26.2 Å². The molecule has 0 saturated carbocycles. The lowest BCUT2D eigenvalue weighted by Crippen LogP contribution is -2.50. The van der Waals surface area contributed by atoms with Gasteiger partial charge in [0.25, 0.3) is 0 Å². The first-order chi connectivity index (χ1) is 12.4. The lowest BCUT2D eigenvalue weighted by atomic mass is 10.1. The Kier molecular flexibility index (Phi) is 10.4. The fourth-order valence-electron chi connectivity index (χ4n) is 2.78. The molecule has 0 aliphatic carbocycles. The number of furan rings is 1. The van der Waals surface area contributed by atoms with E-state index < -0.39 is 10.0 Å². The molecule has 0 unspecified atom stereocenters. The molecule has 0 amide bonds. The van der Waals surface area contributed by atoms with Crippen molar-refractivity contribution < 1.29 is 12.8 Å². The third-order valence-corrected chi connectivity index (χ3v) is 6.19. The van der Waals surface area contributed by atoms with Crippen molar-refractivity contribution in [2.45, 2.75) is 39.2 Å². The van der Waals surface area contributed by atoms with E-state index in [2.05, 4.69) is 22.2 Å². The van der Waals surface area contributed by atoms with E-state index in [4.69, 9.17) is 4.42 Å². The first-order valence-electron chi connectivity index (χ1n) is 9.10. The molecule has 1 fully saturated rings. The smallest absolute Gasteiger partial charge is 0.213 e. The van der Waals surface area contributed by atoms with Gasteiger partial charge in [0.15, 0.2) is 5.96 Å². The van der Waals surface area contributed by atoms with Gasteiger partial charge < -0.3 is 15.1 Å². The van der Waals surface area contributed by atoms with Gasteiger partial charge in [0, 0.05) is 32.1 Å². The summed E-state index contributed by atoms with van der Waals surface area (Å²) in [5.41, 5.74) is 0.987. The third-order valence-electron chi connectivity index (χ3n) is 4.30. The zero-order valence-corrected chi connectivity index (χ0v) is 19.3. The Hall–Kier alpha value is -1.07. The van der Waals surface area contributed by atoms with E-state index in [1.54, 1.807) is 17.5 Å². The standard InChI is InChI=1S/C18H30N4O3S.HI/c1-4-26(23,24)22-11-8-16(9-12-22)21-18(20-14-15(2)3)19-10-7-17-6-5-13-25-17;/h5-6,13,16H,2,4,7-12,14H2,1,3H3,(H2,19,20,21);1H. The van der Waals surface area contributed by atoms with E-state index in [9.17, 15) is 8.42 Å². The average Bonchev–Trinajstić information content (AvgIpc) is 3.13. The van der Waals surface area contributed by atoms with Gasteiger partial charge in [-0.1, -0.05) is 12.2 Å². The molecule has 1 saturated heterocycles. The summed E-state index contributed by atoms with van der Waals surface area (Å²) in [4.78, 5) is 4.55. The second kappa shape index (κ2) is 11.7. The first kappa shape index (κ1) is 24.0. The number of aliphatic imine (C=N–C) groups is 1. The van der Waals surface area contributed by atoms with Crippen LogP contribution in [0.5, 0.6) is 0 Å². The Balaban J connectivity index is 0.00000364. The number of piperidine rings is 1. The van der Waals surface area contributed by atoms with E-state index in [1.165, 1.54) is 0 Å². The summed E-state index contributed by atoms with van der Waals surface area (Å²) in [7, 11) is -3.10. The molecule has 1 aromatic heterocycles. The minimum atomic E-state index is -3.10. The van der Waals surface area contributed by atoms with Gasteiger partial charge in [0.05, 0.1) is 18.6 Å².